The summed E-state index contributed by atoms with van der Waals surface area (Å²) in [5, 5.41) is 2.89. The van der Waals surface area contributed by atoms with Crippen LogP contribution in [-0.4, -0.2) is 39.3 Å². The van der Waals surface area contributed by atoms with E-state index in [1.54, 1.807) is 11.4 Å². The molecular formula is C11H10ClF3N4OS. The summed E-state index contributed by atoms with van der Waals surface area (Å²) in [6.07, 6.45) is -2.97. The molecule has 2 aromatic heterocycles. The predicted molar refractivity (Wildman–Crippen MR) is 73.3 cm³/mol. The Kier molecular flexibility index (Phi) is 4.94. The molecule has 0 spiro atoms. The van der Waals surface area contributed by atoms with E-state index in [9.17, 15) is 18.0 Å². The number of hydrogen-bond donors (Lipinski definition) is 2. The number of carbonyl (C=O) groups excluding carboxylic acids is 1. The van der Waals surface area contributed by atoms with Crippen molar-refractivity contribution in [3.8, 4) is 0 Å². The number of carbonyl (C=O) groups is 1. The smallest absolute Gasteiger partial charge is 0.348 e. The van der Waals surface area contributed by atoms with Crippen LogP contribution in [0, 0.1) is 0 Å². The molecule has 10 heteroatoms. The number of alkyl halides is 3. The lowest BCUT2D eigenvalue weighted by Crippen LogP contribution is -2.37. The number of thioether (sulfide) groups is 1. The minimum atomic E-state index is -4.84. The van der Waals surface area contributed by atoms with E-state index in [4.69, 9.17) is 11.6 Å². The number of nitrogens with zero attached hydrogens (tertiary/aromatic N) is 2. The van der Waals surface area contributed by atoms with Crippen LogP contribution in [-0.2, 0) is 4.79 Å². The van der Waals surface area contributed by atoms with Gasteiger partial charge < -0.3 is 10.3 Å². The highest BCUT2D eigenvalue weighted by Crippen LogP contribution is 2.20. The lowest BCUT2D eigenvalue weighted by molar-refractivity contribution is -0.173. The summed E-state index contributed by atoms with van der Waals surface area (Å²) in [4.78, 5) is 21.8. The molecule has 2 aromatic rings. The standard InChI is InChI=1S/C11H10ClF3N4OS/c12-6-4-7-8(17-5-6)19-10(18-7)21-3-1-2-16-9(20)11(13,14)15/h4-5H,1-3H2,(H,16,20)(H,17,18,19). The second kappa shape index (κ2) is 6.52. The molecule has 0 unspecified atom stereocenters. The Hall–Kier alpha value is -1.48. The predicted octanol–water partition coefficient (Wildman–Crippen LogP) is 2.77. The Balaban J connectivity index is 1.76. The van der Waals surface area contributed by atoms with Crippen LogP contribution in [0.3, 0.4) is 0 Å². The van der Waals surface area contributed by atoms with Gasteiger partial charge in [0.2, 0.25) is 0 Å². The van der Waals surface area contributed by atoms with E-state index in [1.807, 2.05) is 0 Å². The second-order valence-corrected chi connectivity index (χ2v) is 5.54. The van der Waals surface area contributed by atoms with E-state index < -0.39 is 12.1 Å². The van der Waals surface area contributed by atoms with Crippen LogP contribution >= 0.6 is 23.4 Å². The van der Waals surface area contributed by atoms with E-state index in [0.29, 0.717) is 33.5 Å². The fourth-order valence-electron chi connectivity index (χ4n) is 1.46. The molecule has 0 bridgehead atoms. The number of amides is 1. The van der Waals surface area contributed by atoms with Crippen LogP contribution < -0.4 is 5.32 Å². The molecule has 0 saturated heterocycles. The molecule has 0 saturated carbocycles. The van der Waals surface area contributed by atoms with Gasteiger partial charge in [0, 0.05) is 18.5 Å². The largest absolute Gasteiger partial charge is 0.471 e. The normalized spacial score (nSPS) is 11.8. The summed E-state index contributed by atoms with van der Waals surface area (Å²) in [5.74, 6) is -1.42. The molecule has 0 aliphatic heterocycles. The Labute approximate surface area is 126 Å². The fourth-order valence-corrected chi connectivity index (χ4v) is 2.44. The van der Waals surface area contributed by atoms with Gasteiger partial charge in [-0.2, -0.15) is 13.2 Å². The summed E-state index contributed by atoms with van der Waals surface area (Å²) in [6, 6.07) is 1.69. The molecule has 0 aromatic carbocycles. The monoisotopic (exact) mass is 338 g/mol. The van der Waals surface area contributed by atoms with E-state index in [2.05, 4.69) is 15.0 Å². The van der Waals surface area contributed by atoms with Crippen molar-refractivity contribution in [3.05, 3.63) is 17.3 Å². The number of H-pyrrole nitrogens is 1. The molecule has 2 N–H and O–H groups in total. The van der Waals surface area contributed by atoms with Gasteiger partial charge in [-0.25, -0.2) is 9.97 Å². The maximum Gasteiger partial charge on any atom is 0.471 e. The van der Waals surface area contributed by atoms with Gasteiger partial charge in [-0.05, 0) is 12.5 Å². The quantitative estimate of drug-likeness (QED) is 0.649. The van der Waals surface area contributed by atoms with Crippen LogP contribution in [0.15, 0.2) is 17.4 Å². The third-order valence-electron chi connectivity index (χ3n) is 2.39. The van der Waals surface area contributed by atoms with Crippen molar-refractivity contribution < 1.29 is 18.0 Å². The molecular weight excluding hydrogens is 329 g/mol. The molecule has 0 aliphatic carbocycles. The third kappa shape index (κ3) is 4.50. The van der Waals surface area contributed by atoms with Gasteiger partial charge in [-0.15, -0.1) is 0 Å². The molecule has 21 heavy (non-hydrogen) atoms. The van der Waals surface area contributed by atoms with Crippen LogP contribution in [0.1, 0.15) is 6.42 Å². The van der Waals surface area contributed by atoms with E-state index >= 15 is 0 Å². The molecule has 0 fully saturated rings. The molecule has 2 rings (SSSR count). The van der Waals surface area contributed by atoms with Gasteiger partial charge in [-0.3, -0.25) is 4.79 Å². The Morgan fingerprint density at radius 2 is 2.24 bits per heavy atom. The van der Waals surface area contributed by atoms with Crippen molar-refractivity contribution in [1.82, 2.24) is 20.3 Å². The van der Waals surface area contributed by atoms with E-state index in [-0.39, 0.29) is 6.54 Å². The molecule has 114 valence electrons. The maximum atomic E-state index is 11.9. The van der Waals surface area contributed by atoms with Crippen molar-refractivity contribution in [2.75, 3.05) is 12.3 Å². The first-order valence-corrected chi connectivity index (χ1v) is 7.22. The van der Waals surface area contributed by atoms with Crippen molar-refractivity contribution >= 4 is 40.4 Å². The topological polar surface area (TPSA) is 70.7 Å². The Morgan fingerprint density at radius 3 is 2.95 bits per heavy atom. The summed E-state index contributed by atoms with van der Waals surface area (Å²) in [6.45, 7) is -0.0460. The SMILES string of the molecule is O=C(NCCCSc1nc2ncc(Cl)cc2[nH]1)C(F)(F)F. The summed E-state index contributed by atoms with van der Waals surface area (Å²) >= 11 is 7.12. The average Bonchev–Trinajstić information content (AvgIpc) is 2.78. The number of aromatic nitrogens is 3. The lowest BCUT2D eigenvalue weighted by atomic mass is 10.4. The van der Waals surface area contributed by atoms with Crippen molar-refractivity contribution in [3.63, 3.8) is 0 Å². The number of fused-ring (bicyclic) bond motifs is 1. The Morgan fingerprint density at radius 1 is 1.48 bits per heavy atom. The number of rotatable bonds is 5. The number of aromatic amines is 1. The molecule has 5 nitrogen and oxygen atoms in total. The van der Waals surface area contributed by atoms with Crippen LogP contribution in [0.2, 0.25) is 5.02 Å². The van der Waals surface area contributed by atoms with Gasteiger partial charge in [0.05, 0.1) is 10.5 Å². The first-order chi connectivity index (χ1) is 9.86. The highest BCUT2D eigenvalue weighted by molar-refractivity contribution is 7.99. The molecule has 0 radical (unpaired) electrons. The molecule has 0 aliphatic rings. The van der Waals surface area contributed by atoms with Gasteiger partial charge >= 0.3 is 12.1 Å². The van der Waals surface area contributed by atoms with Gasteiger partial charge in [0.1, 0.15) is 0 Å². The van der Waals surface area contributed by atoms with Crippen LogP contribution in [0.4, 0.5) is 13.2 Å². The second-order valence-electron chi connectivity index (χ2n) is 4.02. The fraction of sp³-hybridized carbons (Fsp3) is 0.364. The molecule has 1 amide bonds. The summed E-state index contributed by atoms with van der Waals surface area (Å²) in [5.41, 5.74) is 1.21. The van der Waals surface area contributed by atoms with Gasteiger partial charge in [0.25, 0.3) is 0 Å². The zero-order valence-electron chi connectivity index (χ0n) is 10.5. The minimum Gasteiger partial charge on any atom is -0.348 e. The number of imidazole rings is 1. The first kappa shape index (κ1) is 15.9. The first-order valence-electron chi connectivity index (χ1n) is 5.85. The van der Waals surface area contributed by atoms with E-state index in [1.165, 1.54) is 18.0 Å². The number of hydrogen-bond acceptors (Lipinski definition) is 4. The van der Waals surface area contributed by atoms with Crippen molar-refractivity contribution in [2.24, 2.45) is 0 Å². The number of halogens is 4. The lowest BCUT2D eigenvalue weighted by Gasteiger charge is -2.06. The van der Waals surface area contributed by atoms with Gasteiger partial charge in [-0.1, -0.05) is 23.4 Å². The molecule has 2 heterocycles. The minimum absolute atomic E-state index is 0.0460. The number of pyridine rings is 1. The maximum absolute atomic E-state index is 11.9. The highest BCUT2D eigenvalue weighted by atomic mass is 35.5. The summed E-state index contributed by atoms with van der Waals surface area (Å²) < 4.78 is 35.8. The molecule has 0 atom stereocenters. The van der Waals surface area contributed by atoms with Crippen molar-refractivity contribution in [2.45, 2.75) is 17.8 Å². The van der Waals surface area contributed by atoms with Crippen LogP contribution in [0.25, 0.3) is 11.2 Å². The van der Waals surface area contributed by atoms with Crippen molar-refractivity contribution in [1.29, 1.82) is 0 Å². The zero-order valence-corrected chi connectivity index (χ0v) is 12.1. The van der Waals surface area contributed by atoms with Gasteiger partial charge in [0.15, 0.2) is 10.8 Å². The number of nitrogens with one attached hydrogen (secondary N) is 2. The average molecular weight is 339 g/mol. The Bertz CT molecular complexity index is 646. The highest BCUT2D eigenvalue weighted by Gasteiger charge is 2.38. The van der Waals surface area contributed by atoms with Crippen LogP contribution in [0.5, 0.6) is 0 Å². The summed E-state index contributed by atoms with van der Waals surface area (Å²) in [7, 11) is 0. The van der Waals surface area contributed by atoms with E-state index in [0.717, 1.165) is 0 Å². The zero-order chi connectivity index (χ0) is 15.5. The third-order valence-corrected chi connectivity index (χ3v) is 3.55.